The molecule has 0 fully saturated rings. The van der Waals surface area contributed by atoms with Gasteiger partial charge in [-0.3, -0.25) is 0 Å². The lowest BCUT2D eigenvalue weighted by molar-refractivity contribution is -0.180. The van der Waals surface area contributed by atoms with E-state index in [2.05, 4.69) is 40.6 Å². The molecule has 9 heteroatoms. The van der Waals surface area contributed by atoms with Crippen LogP contribution in [0.2, 0.25) is 25.7 Å². The molecule has 0 spiro atoms. The molecule has 0 bridgehead atoms. The molecule has 2 N–H and O–H groups in total. The van der Waals surface area contributed by atoms with Crippen LogP contribution in [-0.2, 0) is 11.5 Å². The van der Waals surface area contributed by atoms with Crippen LogP contribution in [0.25, 0.3) is 11.0 Å². The molecular weight excluding hydrogens is 412 g/mol. The fourth-order valence-electron chi connectivity index (χ4n) is 2.15. The number of hydrogen-bond donors (Lipinski definition) is 1. The van der Waals surface area contributed by atoms with Gasteiger partial charge in [0.25, 0.3) is 0 Å². The van der Waals surface area contributed by atoms with Crippen molar-refractivity contribution >= 4 is 35.0 Å². The molecule has 2 aromatic rings. The lowest BCUT2D eigenvalue weighted by atomic mass is 10.3. The molecule has 0 saturated carbocycles. The van der Waals surface area contributed by atoms with E-state index in [0.717, 1.165) is 11.4 Å². The maximum absolute atomic E-state index is 13.7. The second kappa shape index (κ2) is 8.11. The van der Waals surface area contributed by atoms with Crippen molar-refractivity contribution in [3.8, 4) is 5.88 Å². The summed E-state index contributed by atoms with van der Waals surface area (Å²) < 4.78 is 40.0. The molecule has 0 unspecified atom stereocenters. The topological polar surface area (TPSA) is 62.3 Å². The first-order chi connectivity index (χ1) is 11.6. The van der Waals surface area contributed by atoms with Crippen molar-refractivity contribution in [2.75, 3.05) is 13.2 Å². The van der Waals surface area contributed by atoms with Crippen molar-refractivity contribution in [3.63, 3.8) is 0 Å². The van der Waals surface area contributed by atoms with Crippen LogP contribution in [0.3, 0.4) is 0 Å². The van der Waals surface area contributed by atoms with Gasteiger partial charge in [0.05, 0.1) is 10.9 Å². The predicted octanol–water partition coefficient (Wildman–Crippen LogP) is 4.43. The van der Waals surface area contributed by atoms with Crippen LogP contribution in [0.5, 0.6) is 5.88 Å². The molecule has 0 aliphatic carbocycles. The summed E-state index contributed by atoms with van der Waals surface area (Å²) in [7, 11) is -1.15. The molecule has 0 aliphatic heterocycles. The van der Waals surface area contributed by atoms with Crippen LogP contribution in [0.1, 0.15) is 6.42 Å². The van der Waals surface area contributed by atoms with Gasteiger partial charge in [-0.05, 0) is 34.1 Å². The van der Waals surface area contributed by atoms with E-state index in [-0.39, 0.29) is 12.4 Å². The second-order valence-corrected chi connectivity index (χ2v) is 13.6. The van der Waals surface area contributed by atoms with Crippen LogP contribution in [0, 0.1) is 0 Å². The average molecular weight is 436 g/mol. The third-order valence-electron chi connectivity index (χ3n) is 3.57. The molecule has 0 saturated heterocycles. The van der Waals surface area contributed by atoms with E-state index in [0.29, 0.717) is 23.5 Å². The van der Waals surface area contributed by atoms with Gasteiger partial charge in [0.2, 0.25) is 5.88 Å². The highest BCUT2D eigenvalue weighted by atomic mass is 79.9. The summed E-state index contributed by atoms with van der Waals surface area (Å²) >= 11 is 3.23. The molecule has 0 atom stereocenters. The maximum atomic E-state index is 13.7. The zero-order valence-corrected chi connectivity index (χ0v) is 17.3. The number of aromatic nitrogens is 2. The van der Waals surface area contributed by atoms with Crippen LogP contribution >= 0.6 is 15.9 Å². The van der Waals surface area contributed by atoms with E-state index in [4.69, 9.17) is 15.2 Å². The van der Waals surface area contributed by atoms with Gasteiger partial charge >= 0.3 is 6.11 Å². The van der Waals surface area contributed by atoms with Gasteiger partial charge in [0, 0.05) is 32.8 Å². The van der Waals surface area contributed by atoms with Crippen LogP contribution in [0.15, 0.2) is 22.8 Å². The number of hydrogen-bond acceptors (Lipinski definition) is 4. The molecule has 2 aromatic heterocycles. The fourth-order valence-corrected chi connectivity index (χ4v) is 3.32. The predicted molar refractivity (Wildman–Crippen MR) is 101 cm³/mol. The van der Waals surface area contributed by atoms with Crippen molar-refractivity contribution in [1.29, 1.82) is 0 Å². The molecule has 25 heavy (non-hydrogen) atoms. The Labute approximate surface area is 155 Å². The summed E-state index contributed by atoms with van der Waals surface area (Å²) in [6, 6.07) is 4.62. The summed E-state index contributed by atoms with van der Waals surface area (Å²) in [6.45, 7) is 7.67. The van der Waals surface area contributed by atoms with Crippen molar-refractivity contribution in [2.45, 2.75) is 44.9 Å². The van der Waals surface area contributed by atoms with Gasteiger partial charge in [-0.1, -0.05) is 19.6 Å². The third kappa shape index (κ3) is 6.02. The van der Waals surface area contributed by atoms with Gasteiger partial charge in [0.1, 0.15) is 12.4 Å². The lowest BCUT2D eigenvalue weighted by Gasteiger charge is -2.18. The number of rotatable bonds is 9. The smallest absolute Gasteiger partial charge is 0.400 e. The Bertz CT molecular complexity index is 719. The molecule has 5 nitrogen and oxygen atoms in total. The van der Waals surface area contributed by atoms with E-state index in [1.807, 2.05) is 12.3 Å². The summed E-state index contributed by atoms with van der Waals surface area (Å²) in [5.74, 6) is -0.159. The third-order valence-corrected chi connectivity index (χ3v) is 5.84. The van der Waals surface area contributed by atoms with Gasteiger partial charge in [-0.25, -0.2) is 0 Å². The highest BCUT2D eigenvalue weighted by Crippen LogP contribution is 2.32. The molecule has 0 aromatic carbocycles. The highest BCUT2D eigenvalue weighted by Gasteiger charge is 2.32. The number of halogens is 3. The summed E-state index contributed by atoms with van der Waals surface area (Å²) in [4.78, 5) is 4.23. The van der Waals surface area contributed by atoms with Gasteiger partial charge in [-0.15, -0.1) is 0 Å². The summed E-state index contributed by atoms with van der Waals surface area (Å²) in [6.07, 6.45) is -2.11. The average Bonchev–Trinajstić information content (AvgIpc) is 2.85. The zero-order chi connectivity index (χ0) is 18.7. The highest BCUT2D eigenvalue weighted by molar-refractivity contribution is 9.10. The number of nitrogens with zero attached hydrogens (tertiary/aromatic N) is 2. The fraction of sp³-hybridized carbons (Fsp3) is 0.562. The van der Waals surface area contributed by atoms with Crippen molar-refractivity contribution in [3.05, 3.63) is 22.8 Å². The normalized spacial score (nSPS) is 12.8. The first-order valence-electron chi connectivity index (χ1n) is 8.11. The van der Waals surface area contributed by atoms with Gasteiger partial charge in [-0.2, -0.15) is 13.8 Å². The Morgan fingerprint density at radius 3 is 2.72 bits per heavy atom. The lowest BCUT2D eigenvalue weighted by Crippen LogP contribution is -2.28. The van der Waals surface area contributed by atoms with Gasteiger partial charge in [0.15, 0.2) is 0 Å². The Hall–Kier alpha value is -1.03. The molecule has 0 aliphatic rings. The van der Waals surface area contributed by atoms with E-state index < -0.39 is 20.6 Å². The van der Waals surface area contributed by atoms with Crippen molar-refractivity contribution in [1.82, 2.24) is 9.55 Å². The quantitative estimate of drug-likeness (QED) is 0.467. The van der Waals surface area contributed by atoms with Crippen LogP contribution < -0.4 is 10.5 Å². The molecule has 0 amide bonds. The number of alkyl halides is 2. The van der Waals surface area contributed by atoms with Crippen molar-refractivity contribution in [2.24, 2.45) is 5.73 Å². The Kier molecular flexibility index (Phi) is 6.58. The molecule has 2 rings (SSSR count). The summed E-state index contributed by atoms with van der Waals surface area (Å²) in [5.41, 5.74) is 5.73. The monoisotopic (exact) mass is 435 g/mol. The minimum Gasteiger partial charge on any atom is -0.413 e. The Morgan fingerprint density at radius 1 is 1.36 bits per heavy atom. The Balaban J connectivity index is 2.14. The Morgan fingerprint density at radius 2 is 2.08 bits per heavy atom. The first-order valence-corrected chi connectivity index (χ1v) is 12.6. The molecule has 2 heterocycles. The first kappa shape index (κ1) is 20.3. The largest absolute Gasteiger partial charge is 0.413 e. The van der Waals surface area contributed by atoms with Crippen molar-refractivity contribution < 1.29 is 18.3 Å². The van der Waals surface area contributed by atoms with Crippen LogP contribution in [0.4, 0.5) is 8.78 Å². The van der Waals surface area contributed by atoms with E-state index in [1.54, 1.807) is 10.6 Å². The number of fused-ring (bicyclic) bond motifs is 1. The molecule has 0 radical (unpaired) electrons. The minimum absolute atomic E-state index is 0.159. The number of ether oxygens (including phenoxy) is 2. The van der Waals surface area contributed by atoms with E-state index in [1.165, 1.54) is 0 Å². The number of nitrogens with two attached hydrogens (primary N) is 1. The molecule has 140 valence electrons. The van der Waals surface area contributed by atoms with Gasteiger partial charge < -0.3 is 19.8 Å². The van der Waals surface area contributed by atoms with E-state index >= 15 is 0 Å². The maximum Gasteiger partial charge on any atom is 0.400 e. The van der Waals surface area contributed by atoms with Crippen LogP contribution in [-0.4, -0.2) is 36.9 Å². The SMILES string of the molecule is C[Si](C)(C)CCOCn1ccc2cc(Br)c(OC(F)(F)CCN)nc21. The zero-order valence-electron chi connectivity index (χ0n) is 14.7. The standard InChI is InChI=1S/C16H24BrF2N3O2Si/c1-25(2,3)9-8-23-11-22-7-4-12-10-13(17)15(21-14(12)22)24-16(18,19)5-6-20/h4,7,10H,5-6,8-9,11,20H2,1-3H3. The van der Waals surface area contributed by atoms with E-state index in [9.17, 15) is 8.78 Å². The minimum atomic E-state index is -3.36. The number of pyridine rings is 1. The molecular formula is C16H24BrF2N3O2Si. The second-order valence-electron chi connectivity index (χ2n) is 7.10. The summed E-state index contributed by atoms with van der Waals surface area (Å²) in [5, 5.41) is 0.815.